The normalized spacial score (nSPS) is 11.8. The van der Waals surface area contributed by atoms with Gasteiger partial charge in [-0.1, -0.05) is 115 Å². The molecule has 0 aliphatic carbocycles. The van der Waals surface area contributed by atoms with Crippen molar-refractivity contribution in [3.63, 3.8) is 0 Å². The first-order valence-electron chi connectivity index (χ1n) is 15.9. The lowest BCUT2D eigenvalue weighted by molar-refractivity contribution is 0.669. The number of fused-ring (bicyclic) bond motifs is 9. The second-order valence-electron chi connectivity index (χ2n) is 12.1. The Bertz CT molecular complexity index is 2810. The Labute approximate surface area is 270 Å². The second kappa shape index (κ2) is 10.1. The summed E-state index contributed by atoms with van der Waals surface area (Å²) in [5.41, 5.74) is 8.86. The SMILES string of the molecule is c1ccc(-c2cccc3oc4c(N(c5ccc6ccc7ccccc7c6c5)c5ccc6oc7ccccc7c6c5)cccc4c23)cc1. The molecular formula is C44H27NO2. The van der Waals surface area contributed by atoms with Crippen LogP contribution in [0.25, 0.3) is 76.5 Å². The molecule has 2 heterocycles. The van der Waals surface area contributed by atoms with E-state index in [1.807, 2.05) is 12.1 Å². The van der Waals surface area contributed by atoms with E-state index in [9.17, 15) is 0 Å². The van der Waals surface area contributed by atoms with Crippen molar-refractivity contribution in [2.75, 3.05) is 4.90 Å². The first kappa shape index (κ1) is 26.0. The third-order valence-electron chi connectivity index (χ3n) is 9.43. The lowest BCUT2D eigenvalue weighted by Crippen LogP contribution is -2.10. The number of rotatable bonds is 4. The van der Waals surface area contributed by atoms with Gasteiger partial charge < -0.3 is 13.7 Å². The van der Waals surface area contributed by atoms with Crippen LogP contribution in [0.1, 0.15) is 0 Å². The summed E-state index contributed by atoms with van der Waals surface area (Å²) in [6, 6.07) is 57.8. The second-order valence-corrected chi connectivity index (χ2v) is 12.1. The molecule has 220 valence electrons. The number of hydrogen-bond acceptors (Lipinski definition) is 3. The van der Waals surface area contributed by atoms with Crippen LogP contribution < -0.4 is 4.90 Å². The highest BCUT2D eigenvalue weighted by Crippen LogP contribution is 2.46. The molecule has 0 unspecified atom stereocenters. The summed E-state index contributed by atoms with van der Waals surface area (Å²) in [7, 11) is 0. The molecule has 47 heavy (non-hydrogen) atoms. The molecule has 0 bridgehead atoms. The fourth-order valence-corrected chi connectivity index (χ4v) is 7.28. The van der Waals surface area contributed by atoms with Gasteiger partial charge in [-0.15, -0.1) is 0 Å². The van der Waals surface area contributed by atoms with E-state index in [-0.39, 0.29) is 0 Å². The van der Waals surface area contributed by atoms with Crippen LogP contribution in [0, 0.1) is 0 Å². The minimum Gasteiger partial charge on any atom is -0.456 e. The van der Waals surface area contributed by atoms with E-state index >= 15 is 0 Å². The summed E-state index contributed by atoms with van der Waals surface area (Å²) in [4.78, 5) is 2.33. The van der Waals surface area contributed by atoms with Crippen LogP contribution in [0.15, 0.2) is 173 Å². The summed E-state index contributed by atoms with van der Waals surface area (Å²) < 4.78 is 13.0. The monoisotopic (exact) mass is 601 g/mol. The predicted molar refractivity (Wildman–Crippen MR) is 196 cm³/mol. The number of benzene rings is 8. The Morgan fingerprint density at radius 3 is 1.91 bits per heavy atom. The van der Waals surface area contributed by atoms with Crippen LogP contribution in [-0.2, 0) is 0 Å². The molecule has 3 heteroatoms. The molecule has 0 fully saturated rings. The van der Waals surface area contributed by atoms with E-state index in [1.165, 1.54) is 27.1 Å². The van der Waals surface area contributed by atoms with Crippen molar-refractivity contribution in [1.82, 2.24) is 0 Å². The van der Waals surface area contributed by atoms with Gasteiger partial charge in [0.1, 0.15) is 16.7 Å². The maximum Gasteiger partial charge on any atom is 0.159 e. The number of anilines is 3. The average Bonchev–Trinajstić information content (AvgIpc) is 3.71. The van der Waals surface area contributed by atoms with Crippen LogP contribution in [0.3, 0.4) is 0 Å². The predicted octanol–water partition coefficient (Wildman–Crippen LogP) is 12.9. The highest BCUT2D eigenvalue weighted by atomic mass is 16.3. The van der Waals surface area contributed by atoms with E-state index in [0.717, 1.165) is 66.5 Å². The molecule has 0 saturated carbocycles. The topological polar surface area (TPSA) is 29.5 Å². The van der Waals surface area contributed by atoms with Crippen LogP contribution in [0.4, 0.5) is 17.1 Å². The zero-order valence-electron chi connectivity index (χ0n) is 25.4. The highest BCUT2D eigenvalue weighted by molar-refractivity contribution is 6.17. The highest BCUT2D eigenvalue weighted by Gasteiger charge is 2.22. The van der Waals surface area contributed by atoms with Crippen molar-refractivity contribution in [3.05, 3.63) is 164 Å². The number of nitrogens with zero attached hydrogens (tertiary/aromatic N) is 1. The van der Waals surface area contributed by atoms with Crippen molar-refractivity contribution in [2.24, 2.45) is 0 Å². The molecule has 0 spiro atoms. The first-order chi connectivity index (χ1) is 23.3. The van der Waals surface area contributed by atoms with Gasteiger partial charge in [0.05, 0.1) is 5.69 Å². The van der Waals surface area contributed by atoms with Gasteiger partial charge in [0, 0.05) is 32.9 Å². The summed E-state index contributed by atoms with van der Waals surface area (Å²) in [5, 5.41) is 9.27. The summed E-state index contributed by atoms with van der Waals surface area (Å²) in [5.74, 6) is 0. The van der Waals surface area contributed by atoms with E-state index < -0.39 is 0 Å². The maximum absolute atomic E-state index is 6.81. The molecule has 3 nitrogen and oxygen atoms in total. The smallest absolute Gasteiger partial charge is 0.159 e. The number of para-hydroxylation sites is 2. The molecule has 2 aromatic heterocycles. The summed E-state index contributed by atoms with van der Waals surface area (Å²) in [6.45, 7) is 0. The van der Waals surface area contributed by atoms with Gasteiger partial charge in [0.15, 0.2) is 5.58 Å². The number of furan rings is 2. The van der Waals surface area contributed by atoms with Crippen LogP contribution in [0.2, 0.25) is 0 Å². The van der Waals surface area contributed by atoms with Crippen LogP contribution in [-0.4, -0.2) is 0 Å². The van der Waals surface area contributed by atoms with Gasteiger partial charge in [-0.2, -0.15) is 0 Å². The van der Waals surface area contributed by atoms with Crippen molar-refractivity contribution in [2.45, 2.75) is 0 Å². The molecule has 0 amide bonds. The van der Waals surface area contributed by atoms with E-state index in [0.29, 0.717) is 0 Å². The lowest BCUT2D eigenvalue weighted by Gasteiger charge is -2.26. The van der Waals surface area contributed by atoms with Gasteiger partial charge in [0.25, 0.3) is 0 Å². The first-order valence-corrected chi connectivity index (χ1v) is 15.9. The molecule has 0 N–H and O–H groups in total. The number of hydrogen-bond donors (Lipinski definition) is 0. The molecule has 10 aromatic rings. The van der Waals surface area contributed by atoms with Crippen molar-refractivity contribution < 1.29 is 8.83 Å². The average molecular weight is 602 g/mol. The Kier molecular flexibility index (Phi) is 5.57. The van der Waals surface area contributed by atoms with Crippen molar-refractivity contribution >= 4 is 82.5 Å². The van der Waals surface area contributed by atoms with Crippen LogP contribution in [0.5, 0.6) is 0 Å². The Hall–Kier alpha value is -6.32. The third-order valence-corrected chi connectivity index (χ3v) is 9.43. The molecule has 0 saturated heterocycles. The minimum absolute atomic E-state index is 0.848. The Balaban J connectivity index is 1.27. The zero-order chi connectivity index (χ0) is 30.9. The lowest BCUT2D eigenvalue weighted by atomic mass is 9.99. The van der Waals surface area contributed by atoms with Crippen molar-refractivity contribution in [1.29, 1.82) is 0 Å². The van der Waals surface area contributed by atoms with E-state index in [4.69, 9.17) is 8.83 Å². The Morgan fingerprint density at radius 2 is 1.02 bits per heavy atom. The zero-order valence-corrected chi connectivity index (χ0v) is 25.4. The standard InChI is InChI=1S/C44H27NO2/c1-2-10-28(11-3-1)34-15-9-19-42-43(34)36-16-8-17-39(44(36)47-42)45(32-24-25-41-38(27-32)35-14-6-7-18-40(35)46-41)31-23-22-30-21-20-29-12-4-5-13-33(29)37(30)26-31/h1-27H. The molecular weight excluding hydrogens is 574 g/mol. The molecule has 0 atom stereocenters. The fourth-order valence-electron chi connectivity index (χ4n) is 7.28. The Morgan fingerprint density at radius 1 is 0.383 bits per heavy atom. The fraction of sp³-hybridized carbons (Fsp3) is 0. The van der Waals surface area contributed by atoms with Gasteiger partial charge in [-0.3, -0.25) is 0 Å². The van der Waals surface area contributed by atoms with Crippen molar-refractivity contribution in [3.8, 4) is 11.1 Å². The molecule has 0 aliphatic heterocycles. The van der Waals surface area contributed by atoms with E-state index in [2.05, 4.69) is 157 Å². The maximum atomic E-state index is 6.81. The van der Waals surface area contributed by atoms with Gasteiger partial charge >= 0.3 is 0 Å². The third kappa shape index (κ3) is 4.00. The quantitative estimate of drug-likeness (QED) is 0.188. The molecule has 0 radical (unpaired) electrons. The largest absolute Gasteiger partial charge is 0.456 e. The van der Waals surface area contributed by atoms with E-state index in [1.54, 1.807) is 0 Å². The molecule has 10 rings (SSSR count). The van der Waals surface area contributed by atoms with Gasteiger partial charge in [0.2, 0.25) is 0 Å². The molecule has 8 aromatic carbocycles. The summed E-state index contributed by atoms with van der Waals surface area (Å²) in [6.07, 6.45) is 0. The summed E-state index contributed by atoms with van der Waals surface area (Å²) >= 11 is 0. The minimum atomic E-state index is 0.848. The molecule has 0 aliphatic rings. The van der Waals surface area contributed by atoms with Gasteiger partial charge in [-0.05, 0) is 81.2 Å². The van der Waals surface area contributed by atoms with Gasteiger partial charge in [-0.25, -0.2) is 0 Å². The van der Waals surface area contributed by atoms with Crippen LogP contribution >= 0.6 is 0 Å².